The Labute approximate surface area is 190 Å². The monoisotopic (exact) mass is 527 g/mol. The molecule has 1 saturated heterocycles. The van der Waals surface area contributed by atoms with Crippen LogP contribution in [0.3, 0.4) is 0 Å². The van der Waals surface area contributed by atoms with Crippen molar-refractivity contribution in [3.8, 4) is 0 Å². The van der Waals surface area contributed by atoms with Gasteiger partial charge >= 0.3 is 0 Å². The maximum Gasteiger partial charge on any atom is 0.191 e. The standard InChI is InChI=1S/C19H31Cl2N5.HI/c1-4-25-7-9-26(10-8-25)14-15(2)12-23-19(22-3)24-13-16-5-6-17(20)11-18(16)21;/h5-6,11,15H,4,7-10,12-14H2,1-3H3,(H2,22,23,24);1H. The molecule has 1 aliphatic heterocycles. The first-order chi connectivity index (χ1) is 12.5. The van der Waals surface area contributed by atoms with Crippen LogP contribution in [0, 0.1) is 5.92 Å². The summed E-state index contributed by atoms with van der Waals surface area (Å²) in [5.41, 5.74) is 1.00. The molecule has 1 aromatic carbocycles. The van der Waals surface area contributed by atoms with Gasteiger partial charge in [-0.25, -0.2) is 0 Å². The van der Waals surface area contributed by atoms with E-state index in [1.165, 1.54) is 26.2 Å². The van der Waals surface area contributed by atoms with Crippen LogP contribution in [-0.4, -0.2) is 68.6 Å². The molecular formula is C19H32Cl2IN5. The normalized spacial score (nSPS) is 17.3. The van der Waals surface area contributed by atoms with E-state index < -0.39 is 0 Å². The topological polar surface area (TPSA) is 42.9 Å². The number of hydrogen-bond donors (Lipinski definition) is 2. The summed E-state index contributed by atoms with van der Waals surface area (Å²) in [7, 11) is 1.79. The second-order valence-electron chi connectivity index (χ2n) is 6.88. The van der Waals surface area contributed by atoms with Crippen molar-refractivity contribution in [2.75, 3.05) is 52.9 Å². The quantitative estimate of drug-likeness (QED) is 0.323. The van der Waals surface area contributed by atoms with Crippen molar-refractivity contribution in [3.63, 3.8) is 0 Å². The molecule has 27 heavy (non-hydrogen) atoms. The van der Waals surface area contributed by atoms with E-state index in [4.69, 9.17) is 23.2 Å². The Morgan fingerprint density at radius 1 is 1.15 bits per heavy atom. The number of piperazine rings is 1. The van der Waals surface area contributed by atoms with Crippen molar-refractivity contribution in [1.29, 1.82) is 0 Å². The summed E-state index contributed by atoms with van der Waals surface area (Å²) < 4.78 is 0. The third kappa shape index (κ3) is 8.73. The van der Waals surface area contributed by atoms with Gasteiger partial charge < -0.3 is 20.4 Å². The molecule has 0 aliphatic carbocycles. The van der Waals surface area contributed by atoms with Gasteiger partial charge in [0, 0.05) is 62.9 Å². The van der Waals surface area contributed by atoms with Crippen molar-refractivity contribution in [2.24, 2.45) is 10.9 Å². The van der Waals surface area contributed by atoms with Gasteiger partial charge in [-0.2, -0.15) is 0 Å². The maximum atomic E-state index is 6.22. The SMILES string of the molecule is CCN1CCN(CC(C)CNC(=NC)NCc2ccc(Cl)cc2Cl)CC1.I. The van der Waals surface area contributed by atoms with Gasteiger partial charge in [0.25, 0.3) is 0 Å². The summed E-state index contributed by atoms with van der Waals surface area (Å²) in [6, 6.07) is 5.54. The molecule has 1 atom stereocenters. The predicted octanol–water partition coefficient (Wildman–Crippen LogP) is 3.55. The van der Waals surface area contributed by atoms with Crippen LogP contribution in [-0.2, 0) is 6.54 Å². The van der Waals surface area contributed by atoms with Crippen molar-refractivity contribution >= 4 is 53.1 Å². The lowest BCUT2D eigenvalue weighted by Crippen LogP contribution is -2.48. The van der Waals surface area contributed by atoms with Gasteiger partial charge in [-0.1, -0.05) is 43.1 Å². The molecule has 0 bridgehead atoms. The highest BCUT2D eigenvalue weighted by atomic mass is 127. The van der Waals surface area contributed by atoms with Gasteiger partial charge in [-0.3, -0.25) is 4.99 Å². The minimum atomic E-state index is 0. The highest BCUT2D eigenvalue weighted by Crippen LogP contribution is 2.20. The smallest absolute Gasteiger partial charge is 0.191 e. The molecule has 1 aliphatic rings. The van der Waals surface area contributed by atoms with Gasteiger partial charge in [-0.05, 0) is 30.2 Å². The van der Waals surface area contributed by atoms with Crippen LogP contribution in [0.1, 0.15) is 19.4 Å². The largest absolute Gasteiger partial charge is 0.356 e. The van der Waals surface area contributed by atoms with E-state index in [2.05, 4.69) is 39.3 Å². The van der Waals surface area contributed by atoms with E-state index in [-0.39, 0.29) is 24.0 Å². The lowest BCUT2D eigenvalue weighted by molar-refractivity contribution is 0.124. The lowest BCUT2D eigenvalue weighted by atomic mass is 10.1. The molecule has 1 unspecified atom stereocenters. The van der Waals surface area contributed by atoms with Gasteiger partial charge in [0.2, 0.25) is 0 Å². The number of guanidine groups is 1. The zero-order valence-corrected chi connectivity index (χ0v) is 20.3. The third-order valence-corrected chi connectivity index (χ3v) is 5.37. The number of aliphatic imine (C=N–C) groups is 1. The molecule has 8 heteroatoms. The fourth-order valence-corrected chi connectivity index (χ4v) is 3.60. The number of benzene rings is 1. The Balaban J connectivity index is 0.00000364. The molecule has 0 spiro atoms. The molecule has 0 radical (unpaired) electrons. The molecule has 1 fully saturated rings. The molecule has 2 N–H and O–H groups in total. The molecule has 1 heterocycles. The summed E-state index contributed by atoms with van der Waals surface area (Å²) in [6.45, 7) is 13.0. The van der Waals surface area contributed by atoms with Crippen molar-refractivity contribution in [1.82, 2.24) is 20.4 Å². The zero-order valence-electron chi connectivity index (χ0n) is 16.5. The van der Waals surface area contributed by atoms with Crippen molar-refractivity contribution in [3.05, 3.63) is 33.8 Å². The predicted molar refractivity (Wildman–Crippen MR) is 128 cm³/mol. The Hall–Kier alpha value is -0.280. The second-order valence-corrected chi connectivity index (χ2v) is 7.73. The van der Waals surface area contributed by atoms with Gasteiger partial charge in [0.05, 0.1) is 0 Å². The molecule has 154 valence electrons. The summed E-state index contributed by atoms with van der Waals surface area (Å²) in [4.78, 5) is 9.36. The zero-order chi connectivity index (χ0) is 18.9. The van der Waals surface area contributed by atoms with E-state index in [0.29, 0.717) is 22.5 Å². The third-order valence-electron chi connectivity index (χ3n) is 4.78. The van der Waals surface area contributed by atoms with Crippen LogP contribution in [0.5, 0.6) is 0 Å². The minimum Gasteiger partial charge on any atom is -0.356 e. The molecule has 0 aromatic heterocycles. The van der Waals surface area contributed by atoms with E-state index >= 15 is 0 Å². The van der Waals surface area contributed by atoms with Crippen molar-refractivity contribution in [2.45, 2.75) is 20.4 Å². The average molecular weight is 528 g/mol. The van der Waals surface area contributed by atoms with E-state index in [1.54, 1.807) is 13.1 Å². The molecule has 5 nitrogen and oxygen atoms in total. The summed E-state index contributed by atoms with van der Waals surface area (Å²) in [6.07, 6.45) is 0. The second kappa shape index (κ2) is 13.0. The highest BCUT2D eigenvalue weighted by molar-refractivity contribution is 14.0. The fraction of sp³-hybridized carbons (Fsp3) is 0.632. The number of halogens is 3. The molecule has 2 rings (SSSR count). The molecule has 0 amide bonds. The number of rotatable bonds is 7. The first-order valence-electron chi connectivity index (χ1n) is 9.35. The number of likely N-dealkylation sites (N-methyl/N-ethyl adjacent to an activating group) is 1. The summed E-state index contributed by atoms with van der Waals surface area (Å²) >= 11 is 12.2. The first kappa shape index (κ1) is 24.8. The Kier molecular flexibility index (Phi) is 12.0. The van der Waals surface area contributed by atoms with Gasteiger partial charge in [-0.15, -0.1) is 24.0 Å². The lowest BCUT2D eigenvalue weighted by Gasteiger charge is -2.35. The van der Waals surface area contributed by atoms with E-state index in [0.717, 1.165) is 31.2 Å². The Morgan fingerprint density at radius 3 is 2.41 bits per heavy atom. The van der Waals surface area contributed by atoms with E-state index in [9.17, 15) is 0 Å². The van der Waals surface area contributed by atoms with Crippen LogP contribution in [0.2, 0.25) is 10.0 Å². The van der Waals surface area contributed by atoms with Crippen LogP contribution in [0.15, 0.2) is 23.2 Å². The molecule has 1 aromatic rings. The fourth-order valence-electron chi connectivity index (χ4n) is 3.13. The Morgan fingerprint density at radius 2 is 1.81 bits per heavy atom. The highest BCUT2D eigenvalue weighted by Gasteiger charge is 2.17. The summed E-state index contributed by atoms with van der Waals surface area (Å²) in [5.74, 6) is 1.35. The molecule has 0 saturated carbocycles. The molecular weight excluding hydrogens is 496 g/mol. The first-order valence-corrected chi connectivity index (χ1v) is 10.1. The van der Waals surface area contributed by atoms with Crippen LogP contribution in [0.25, 0.3) is 0 Å². The minimum absolute atomic E-state index is 0. The number of hydrogen-bond acceptors (Lipinski definition) is 3. The van der Waals surface area contributed by atoms with Crippen molar-refractivity contribution < 1.29 is 0 Å². The van der Waals surface area contributed by atoms with E-state index in [1.807, 2.05) is 12.1 Å². The number of nitrogens with zero attached hydrogens (tertiary/aromatic N) is 3. The average Bonchev–Trinajstić information content (AvgIpc) is 2.64. The van der Waals surface area contributed by atoms with Crippen LogP contribution in [0.4, 0.5) is 0 Å². The summed E-state index contributed by atoms with van der Waals surface area (Å²) in [5, 5.41) is 8.04. The van der Waals surface area contributed by atoms with Crippen LogP contribution < -0.4 is 10.6 Å². The van der Waals surface area contributed by atoms with Crippen LogP contribution >= 0.6 is 47.2 Å². The van der Waals surface area contributed by atoms with Gasteiger partial charge in [0.15, 0.2) is 5.96 Å². The number of nitrogens with one attached hydrogen (secondary N) is 2. The Bertz CT molecular complexity index is 591. The van der Waals surface area contributed by atoms with Gasteiger partial charge in [0.1, 0.15) is 0 Å². The maximum absolute atomic E-state index is 6.22.